The third-order valence-corrected chi connectivity index (χ3v) is 5.65. The van der Waals surface area contributed by atoms with Crippen molar-refractivity contribution in [2.45, 2.75) is 13.5 Å². The monoisotopic (exact) mass is 421 g/mol. The molecule has 5 rings (SSSR count). The zero-order chi connectivity index (χ0) is 20.7. The average molecular weight is 421 g/mol. The van der Waals surface area contributed by atoms with Crippen molar-refractivity contribution in [1.82, 2.24) is 14.6 Å². The highest BCUT2D eigenvalue weighted by Crippen LogP contribution is 2.34. The molecule has 0 fully saturated rings. The number of nitrogens with zero attached hydrogens (tertiary/aromatic N) is 3. The zero-order valence-electron chi connectivity index (χ0n) is 16.7. The van der Waals surface area contributed by atoms with E-state index in [2.05, 4.69) is 10.1 Å². The van der Waals surface area contributed by atoms with E-state index in [1.54, 1.807) is 18.7 Å². The van der Waals surface area contributed by atoms with E-state index in [0.29, 0.717) is 34.6 Å². The summed E-state index contributed by atoms with van der Waals surface area (Å²) < 4.78 is 24.4. The summed E-state index contributed by atoms with van der Waals surface area (Å²) in [5.74, 6) is 2.19. The van der Waals surface area contributed by atoms with E-state index >= 15 is 0 Å². The van der Waals surface area contributed by atoms with Gasteiger partial charge in [-0.2, -0.15) is 0 Å². The summed E-state index contributed by atoms with van der Waals surface area (Å²) >= 11 is 1.37. The van der Waals surface area contributed by atoms with Crippen LogP contribution in [0.25, 0.3) is 27.4 Å². The Morgan fingerprint density at radius 2 is 1.97 bits per heavy atom. The molecule has 0 radical (unpaired) electrons. The molecule has 0 atom stereocenters. The number of benzene rings is 2. The van der Waals surface area contributed by atoms with Gasteiger partial charge in [0.2, 0.25) is 4.96 Å². The summed E-state index contributed by atoms with van der Waals surface area (Å²) in [7, 11) is 3.23. The van der Waals surface area contributed by atoms with Crippen LogP contribution < -0.4 is 14.2 Å². The Labute approximate surface area is 176 Å². The first-order valence-electron chi connectivity index (χ1n) is 9.33. The maximum atomic E-state index is 6.10. The van der Waals surface area contributed by atoms with Crippen LogP contribution in [0.2, 0.25) is 0 Å². The fraction of sp³-hybridized carbons (Fsp3) is 0.182. The highest BCUT2D eigenvalue weighted by atomic mass is 32.1. The maximum Gasteiger partial charge on any atom is 0.294 e. The molecule has 0 saturated heterocycles. The van der Waals surface area contributed by atoms with Crippen molar-refractivity contribution in [2.75, 3.05) is 14.2 Å². The first-order chi connectivity index (χ1) is 14.6. The molecule has 3 heterocycles. The van der Waals surface area contributed by atoms with Crippen LogP contribution in [0.3, 0.4) is 0 Å². The van der Waals surface area contributed by atoms with Gasteiger partial charge in [-0.1, -0.05) is 12.1 Å². The number of furan rings is 1. The van der Waals surface area contributed by atoms with Crippen molar-refractivity contribution >= 4 is 27.3 Å². The number of hydrogen-bond donors (Lipinski definition) is 0. The van der Waals surface area contributed by atoms with E-state index < -0.39 is 0 Å². The van der Waals surface area contributed by atoms with Crippen LogP contribution >= 0.6 is 11.3 Å². The lowest BCUT2D eigenvalue weighted by Crippen LogP contribution is -1.97. The minimum Gasteiger partial charge on any atom is -0.497 e. The molecular weight excluding hydrogens is 402 g/mol. The quantitative estimate of drug-likeness (QED) is 0.379. The molecule has 0 aliphatic heterocycles. The number of fused-ring (bicyclic) bond motifs is 2. The molecular formula is C22H19N3O4S. The van der Waals surface area contributed by atoms with Gasteiger partial charge in [-0.25, -0.2) is 9.50 Å². The lowest BCUT2D eigenvalue weighted by molar-refractivity contribution is 0.306. The Kier molecular flexibility index (Phi) is 4.55. The number of ether oxygens (including phenoxy) is 3. The summed E-state index contributed by atoms with van der Waals surface area (Å²) in [4.78, 5) is 5.34. The Hall–Kier alpha value is -3.52. The van der Waals surface area contributed by atoms with Crippen LogP contribution in [-0.2, 0) is 6.61 Å². The predicted molar refractivity (Wildman–Crippen MR) is 115 cm³/mol. The normalized spacial score (nSPS) is 11.3. The molecule has 152 valence electrons. The van der Waals surface area contributed by atoms with Gasteiger partial charge < -0.3 is 18.6 Å². The van der Waals surface area contributed by atoms with E-state index in [1.165, 1.54) is 11.3 Å². The van der Waals surface area contributed by atoms with Gasteiger partial charge in [-0.3, -0.25) is 0 Å². The highest BCUT2D eigenvalue weighted by Gasteiger charge is 2.16. The average Bonchev–Trinajstić information content (AvgIpc) is 3.44. The summed E-state index contributed by atoms with van der Waals surface area (Å²) in [6.45, 7) is 2.44. The molecule has 0 N–H and O–H groups in total. The van der Waals surface area contributed by atoms with Gasteiger partial charge in [0.05, 0.1) is 20.4 Å². The second-order valence-corrected chi connectivity index (χ2v) is 7.76. The summed E-state index contributed by atoms with van der Waals surface area (Å²) in [5.41, 5.74) is 3.55. The Bertz CT molecular complexity index is 1320. The SMILES string of the molecule is COc1cc(COc2cccc(C)c2)c2cc(-c3cn4nc(OC)sc4n3)oc2c1. The van der Waals surface area contributed by atoms with Crippen molar-refractivity contribution in [1.29, 1.82) is 0 Å². The Morgan fingerprint density at radius 3 is 2.73 bits per heavy atom. The molecule has 5 aromatic rings. The second-order valence-electron chi connectivity index (χ2n) is 6.84. The molecule has 3 aromatic heterocycles. The van der Waals surface area contributed by atoms with E-state index in [9.17, 15) is 0 Å². The smallest absolute Gasteiger partial charge is 0.294 e. The molecule has 0 spiro atoms. The molecule has 8 heteroatoms. The van der Waals surface area contributed by atoms with Crippen molar-refractivity contribution in [3.8, 4) is 28.1 Å². The molecule has 7 nitrogen and oxygen atoms in total. The van der Waals surface area contributed by atoms with Crippen LogP contribution in [0, 0.1) is 6.92 Å². The number of hydrogen-bond acceptors (Lipinski definition) is 7. The molecule has 30 heavy (non-hydrogen) atoms. The van der Waals surface area contributed by atoms with Gasteiger partial charge in [0.1, 0.15) is 29.4 Å². The van der Waals surface area contributed by atoms with E-state index in [1.807, 2.05) is 55.6 Å². The van der Waals surface area contributed by atoms with Crippen LogP contribution in [0.4, 0.5) is 0 Å². The van der Waals surface area contributed by atoms with Crippen molar-refractivity contribution in [3.63, 3.8) is 0 Å². The van der Waals surface area contributed by atoms with Gasteiger partial charge in [0.25, 0.3) is 5.19 Å². The van der Waals surface area contributed by atoms with Crippen molar-refractivity contribution < 1.29 is 18.6 Å². The van der Waals surface area contributed by atoms with Gasteiger partial charge in [-0.05, 0) is 48.1 Å². The van der Waals surface area contributed by atoms with Crippen LogP contribution in [0.5, 0.6) is 16.7 Å². The topological polar surface area (TPSA) is 71.0 Å². The molecule has 0 saturated carbocycles. The lowest BCUT2D eigenvalue weighted by atomic mass is 10.1. The van der Waals surface area contributed by atoms with E-state index in [-0.39, 0.29) is 0 Å². The van der Waals surface area contributed by atoms with Crippen LogP contribution in [0.1, 0.15) is 11.1 Å². The van der Waals surface area contributed by atoms with Crippen molar-refractivity contribution in [3.05, 3.63) is 59.8 Å². The zero-order valence-corrected chi connectivity index (χ0v) is 17.5. The largest absolute Gasteiger partial charge is 0.497 e. The summed E-state index contributed by atoms with van der Waals surface area (Å²) in [6, 6.07) is 13.8. The number of methoxy groups -OCH3 is 2. The predicted octanol–water partition coefficient (Wildman–Crippen LogP) is 5.11. The molecule has 0 aliphatic rings. The standard InChI is InChI=1S/C22H19N3O4S/c1-13-5-4-6-15(7-13)28-12-14-8-16(26-2)9-19-17(14)10-20(29-19)18-11-25-21(23-18)30-22(24-25)27-3/h4-11H,12H2,1-3H3. The number of rotatable bonds is 6. The maximum absolute atomic E-state index is 6.10. The molecule has 0 bridgehead atoms. The lowest BCUT2D eigenvalue weighted by Gasteiger charge is -2.09. The molecule has 2 aromatic carbocycles. The van der Waals surface area contributed by atoms with Gasteiger partial charge >= 0.3 is 0 Å². The number of aromatic nitrogens is 3. The first-order valence-corrected chi connectivity index (χ1v) is 10.1. The second kappa shape index (κ2) is 7.38. The molecule has 0 unspecified atom stereocenters. The Morgan fingerprint density at radius 1 is 1.07 bits per heavy atom. The summed E-state index contributed by atoms with van der Waals surface area (Å²) in [6.07, 6.45) is 1.83. The first kappa shape index (κ1) is 18.5. The minimum absolute atomic E-state index is 0.396. The minimum atomic E-state index is 0.396. The third-order valence-electron chi connectivity index (χ3n) is 4.77. The van der Waals surface area contributed by atoms with Crippen molar-refractivity contribution in [2.24, 2.45) is 0 Å². The third kappa shape index (κ3) is 3.35. The van der Waals surface area contributed by atoms with E-state index in [0.717, 1.165) is 27.2 Å². The highest BCUT2D eigenvalue weighted by molar-refractivity contribution is 7.18. The fourth-order valence-electron chi connectivity index (χ4n) is 3.30. The summed E-state index contributed by atoms with van der Waals surface area (Å²) in [5, 5.41) is 5.84. The molecule has 0 aliphatic carbocycles. The van der Waals surface area contributed by atoms with E-state index in [4.69, 9.17) is 18.6 Å². The van der Waals surface area contributed by atoms with Gasteiger partial charge in [-0.15, -0.1) is 5.10 Å². The Balaban J connectivity index is 1.51. The van der Waals surface area contributed by atoms with Gasteiger partial charge in [0.15, 0.2) is 5.76 Å². The fourth-order valence-corrected chi connectivity index (χ4v) is 4.00. The molecule has 0 amide bonds. The van der Waals surface area contributed by atoms with Crippen LogP contribution in [0.15, 0.2) is 53.1 Å². The number of aryl methyl sites for hydroxylation is 1. The van der Waals surface area contributed by atoms with Crippen LogP contribution in [-0.4, -0.2) is 28.8 Å². The number of imidazole rings is 1. The van der Waals surface area contributed by atoms with Gasteiger partial charge in [0, 0.05) is 17.0 Å².